The van der Waals surface area contributed by atoms with Gasteiger partial charge in [0, 0.05) is 12.1 Å². The summed E-state index contributed by atoms with van der Waals surface area (Å²) in [6, 6.07) is 10.0. The minimum Gasteiger partial charge on any atom is -0.314 e. The van der Waals surface area contributed by atoms with Crippen molar-refractivity contribution in [3.8, 4) is 11.4 Å². The summed E-state index contributed by atoms with van der Waals surface area (Å²) in [7, 11) is 1.91. The molecule has 0 fully saturated rings. The third-order valence-electron chi connectivity index (χ3n) is 1.83. The Hall–Kier alpha value is -1.26. The van der Waals surface area contributed by atoms with Crippen LogP contribution in [0.15, 0.2) is 30.3 Å². The topological polar surface area (TPSA) is 37.8 Å². The van der Waals surface area contributed by atoms with Crippen LogP contribution in [0.25, 0.3) is 11.4 Å². The summed E-state index contributed by atoms with van der Waals surface area (Å²) in [5.41, 5.74) is 1.08. The third kappa shape index (κ3) is 1.97. The van der Waals surface area contributed by atoms with Gasteiger partial charge < -0.3 is 5.32 Å². The van der Waals surface area contributed by atoms with Crippen molar-refractivity contribution in [1.29, 1.82) is 0 Å². The first kappa shape index (κ1) is 9.30. The zero-order chi connectivity index (χ0) is 9.80. The Bertz CT molecular complexity index is 397. The van der Waals surface area contributed by atoms with Crippen LogP contribution in [-0.2, 0) is 6.54 Å². The van der Waals surface area contributed by atoms with E-state index in [-0.39, 0.29) is 0 Å². The first-order valence-corrected chi connectivity index (χ1v) is 5.20. The average molecular weight is 205 g/mol. The maximum absolute atomic E-state index is 4.42. The monoisotopic (exact) mass is 205 g/mol. The van der Waals surface area contributed by atoms with Gasteiger partial charge in [-0.2, -0.15) is 4.37 Å². The summed E-state index contributed by atoms with van der Waals surface area (Å²) >= 11 is 1.45. The zero-order valence-electron chi connectivity index (χ0n) is 7.90. The van der Waals surface area contributed by atoms with Gasteiger partial charge in [-0.3, -0.25) is 0 Å². The van der Waals surface area contributed by atoms with Gasteiger partial charge >= 0.3 is 0 Å². The summed E-state index contributed by atoms with van der Waals surface area (Å²) in [6.45, 7) is 0.782. The maximum atomic E-state index is 4.42. The predicted octanol–water partition coefficient (Wildman–Crippen LogP) is 1.92. The third-order valence-corrected chi connectivity index (χ3v) is 2.54. The van der Waals surface area contributed by atoms with E-state index >= 15 is 0 Å². The highest BCUT2D eigenvalue weighted by Gasteiger charge is 2.04. The van der Waals surface area contributed by atoms with Crippen molar-refractivity contribution in [1.82, 2.24) is 14.7 Å². The SMILES string of the molecule is CNCc1nc(-c2ccccc2)ns1. The molecule has 0 spiro atoms. The number of nitrogens with zero attached hydrogens (tertiary/aromatic N) is 2. The van der Waals surface area contributed by atoms with Crippen molar-refractivity contribution in [3.63, 3.8) is 0 Å². The zero-order valence-corrected chi connectivity index (χ0v) is 8.71. The standard InChI is InChI=1S/C10H11N3S/c1-11-7-9-12-10(13-14-9)8-5-3-2-4-6-8/h2-6,11H,7H2,1H3. The molecule has 14 heavy (non-hydrogen) atoms. The van der Waals surface area contributed by atoms with Gasteiger partial charge in [-0.25, -0.2) is 4.98 Å². The van der Waals surface area contributed by atoms with Gasteiger partial charge in [0.1, 0.15) is 5.01 Å². The highest BCUT2D eigenvalue weighted by molar-refractivity contribution is 7.05. The second-order valence-corrected chi connectivity index (χ2v) is 3.74. The van der Waals surface area contributed by atoms with Crippen LogP contribution in [0.4, 0.5) is 0 Å². The van der Waals surface area contributed by atoms with Crippen molar-refractivity contribution in [2.75, 3.05) is 7.05 Å². The fraction of sp³-hybridized carbons (Fsp3) is 0.200. The molecule has 0 unspecified atom stereocenters. The van der Waals surface area contributed by atoms with Gasteiger partial charge in [0.15, 0.2) is 5.82 Å². The van der Waals surface area contributed by atoms with Crippen LogP contribution >= 0.6 is 11.5 Å². The Balaban J connectivity index is 2.25. The van der Waals surface area contributed by atoms with Crippen LogP contribution < -0.4 is 5.32 Å². The molecule has 0 saturated carbocycles. The van der Waals surface area contributed by atoms with Crippen LogP contribution in [0.2, 0.25) is 0 Å². The molecule has 0 bridgehead atoms. The minimum atomic E-state index is 0.782. The molecule has 1 N–H and O–H groups in total. The van der Waals surface area contributed by atoms with Crippen LogP contribution in [-0.4, -0.2) is 16.4 Å². The number of nitrogens with one attached hydrogen (secondary N) is 1. The van der Waals surface area contributed by atoms with E-state index in [1.54, 1.807) is 0 Å². The molecule has 1 aromatic heterocycles. The number of aromatic nitrogens is 2. The van der Waals surface area contributed by atoms with Crippen molar-refractivity contribution >= 4 is 11.5 Å². The lowest BCUT2D eigenvalue weighted by Crippen LogP contribution is -2.04. The second-order valence-electron chi connectivity index (χ2n) is 2.91. The maximum Gasteiger partial charge on any atom is 0.173 e. The Kier molecular flexibility index (Phi) is 2.86. The fourth-order valence-corrected chi connectivity index (χ4v) is 1.86. The van der Waals surface area contributed by atoms with Crippen LogP contribution in [0.1, 0.15) is 5.01 Å². The van der Waals surface area contributed by atoms with E-state index in [1.807, 2.05) is 37.4 Å². The fourth-order valence-electron chi connectivity index (χ4n) is 1.18. The van der Waals surface area contributed by atoms with Gasteiger partial charge in [0.05, 0.1) is 0 Å². The lowest BCUT2D eigenvalue weighted by molar-refractivity contribution is 0.810. The second kappa shape index (κ2) is 4.30. The molecule has 0 amide bonds. The average Bonchev–Trinajstić information content (AvgIpc) is 2.68. The number of benzene rings is 1. The highest BCUT2D eigenvalue weighted by atomic mass is 32.1. The molecule has 4 heteroatoms. The smallest absolute Gasteiger partial charge is 0.173 e. The Labute approximate surface area is 87.0 Å². The summed E-state index contributed by atoms with van der Waals surface area (Å²) < 4.78 is 4.30. The van der Waals surface area contributed by atoms with Gasteiger partial charge in [-0.1, -0.05) is 30.3 Å². The molecule has 1 heterocycles. The molecule has 0 saturated heterocycles. The molecule has 72 valence electrons. The summed E-state index contributed by atoms with van der Waals surface area (Å²) in [5.74, 6) is 0.820. The first-order chi connectivity index (χ1) is 6.90. The Morgan fingerprint density at radius 3 is 2.79 bits per heavy atom. The van der Waals surface area contributed by atoms with Crippen LogP contribution in [0.3, 0.4) is 0 Å². The first-order valence-electron chi connectivity index (χ1n) is 4.43. The molecule has 0 aliphatic heterocycles. The molecular formula is C10H11N3S. The predicted molar refractivity (Wildman–Crippen MR) is 58.1 cm³/mol. The van der Waals surface area contributed by atoms with E-state index in [1.165, 1.54) is 11.5 Å². The summed E-state index contributed by atoms with van der Waals surface area (Å²) in [6.07, 6.45) is 0. The van der Waals surface area contributed by atoms with Crippen molar-refractivity contribution in [2.24, 2.45) is 0 Å². The number of hydrogen-bond donors (Lipinski definition) is 1. The van der Waals surface area contributed by atoms with Crippen molar-refractivity contribution in [3.05, 3.63) is 35.3 Å². The molecule has 0 atom stereocenters. The Morgan fingerprint density at radius 2 is 2.07 bits per heavy atom. The number of hydrogen-bond acceptors (Lipinski definition) is 4. The van der Waals surface area contributed by atoms with Gasteiger partial charge in [-0.15, -0.1) is 0 Å². The lowest BCUT2D eigenvalue weighted by Gasteiger charge is -1.92. The van der Waals surface area contributed by atoms with Gasteiger partial charge in [0.2, 0.25) is 0 Å². The Morgan fingerprint density at radius 1 is 1.29 bits per heavy atom. The molecule has 0 aliphatic carbocycles. The van der Waals surface area contributed by atoms with Gasteiger partial charge in [0.25, 0.3) is 0 Å². The number of rotatable bonds is 3. The van der Waals surface area contributed by atoms with E-state index in [0.29, 0.717) is 0 Å². The van der Waals surface area contributed by atoms with Gasteiger partial charge in [-0.05, 0) is 18.6 Å². The molecule has 3 nitrogen and oxygen atoms in total. The van der Waals surface area contributed by atoms with Crippen LogP contribution in [0, 0.1) is 0 Å². The largest absolute Gasteiger partial charge is 0.314 e. The molecule has 0 aliphatic rings. The van der Waals surface area contributed by atoms with Crippen LogP contribution in [0.5, 0.6) is 0 Å². The van der Waals surface area contributed by atoms with Crippen molar-refractivity contribution < 1.29 is 0 Å². The van der Waals surface area contributed by atoms with E-state index < -0.39 is 0 Å². The van der Waals surface area contributed by atoms with E-state index in [4.69, 9.17) is 0 Å². The molecule has 0 radical (unpaired) electrons. The lowest BCUT2D eigenvalue weighted by atomic mass is 10.2. The van der Waals surface area contributed by atoms with E-state index in [2.05, 4.69) is 14.7 Å². The van der Waals surface area contributed by atoms with Crippen molar-refractivity contribution in [2.45, 2.75) is 6.54 Å². The normalized spacial score (nSPS) is 10.4. The van der Waals surface area contributed by atoms with E-state index in [0.717, 1.165) is 22.9 Å². The van der Waals surface area contributed by atoms with E-state index in [9.17, 15) is 0 Å². The molecule has 2 rings (SSSR count). The molecule has 1 aromatic carbocycles. The minimum absolute atomic E-state index is 0.782. The summed E-state index contributed by atoms with van der Waals surface area (Å²) in [5, 5.41) is 4.08. The molecular weight excluding hydrogens is 194 g/mol. The molecule has 2 aromatic rings. The quantitative estimate of drug-likeness (QED) is 0.832. The highest BCUT2D eigenvalue weighted by Crippen LogP contribution is 2.17. The summed E-state index contributed by atoms with van der Waals surface area (Å²) in [4.78, 5) is 4.42.